The Bertz CT molecular complexity index is 573. The highest BCUT2D eigenvalue weighted by Gasteiger charge is 2.33. The number of aryl methyl sites for hydroxylation is 1. The number of carbonyl (C=O) groups is 1. The van der Waals surface area contributed by atoms with E-state index in [1.165, 1.54) is 10.5 Å². The number of rotatable bonds is 4. The summed E-state index contributed by atoms with van der Waals surface area (Å²) in [5, 5.41) is 0.101. The Morgan fingerprint density at radius 3 is 2.65 bits per heavy atom. The van der Waals surface area contributed by atoms with Gasteiger partial charge in [0.05, 0.1) is 18.7 Å². The lowest BCUT2D eigenvalue weighted by Gasteiger charge is -2.29. The molecule has 1 fully saturated rings. The Morgan fingerprint density at radius 2 is 2.15 bits per heavy atom. The lowest BCUT2D eigenvalue weighted by atomic mass is 9.98. The van der Waals surface area contributed by atoms with Crippen LogP contribution in [-0.4, -0.2) is 48.4 Å². The highest BCUT2D eigenvalue weighted by molar-refractivity contribution is 7.89. The zero-order valence-electron chi connectivity index (χ0n) is 11.6. The van der Waals surface area contributed by atoms with Gasteiger partial charge in [0.25, 0.3) is 10.0 Å². The third kappa shape index (κ3) is 3.01. The third-order valence-corrected chi connectivity index (χ3v) is 5.18. The van der Waals surface area contributed by atoms with Crippen molar-refractivity contribution < 1.29 is 17.9 Å². The number of H-pyrrole nitrogens is 1. The smallest absolute Gasteiger partial charge is 0.309 e. The molecule has 0 spiro atoms. The van der Waals surface area contributed by atoms with Crippen molar-refractivity contribution in [1.29, 1.82) is 0 Å². The van der Waals surface area contributed by atoms with E-state index in [4.69, 9.17) is 4.74 Å². The molecular formula is C12H19N3O4S. The van der Waals surface area contributed by atoms with Crippen molar-refractivity contribution in [2.75, 3.05) is 19.7 Å². The van der Waals surface area contributed by atoms with Crippen LogP contribution in [0.2, 0.25) is 0 Å². The number of piperidine rings is 1. The topological polar surface area (TPSA) is 92.4 Å². The molecule has 0 atom stereocenters. The standard InChI is InChI=1S/C12H19N3O4S/c1-3-19-12(16)10-4-6-15(7-5-10)20(17,18)11-8-13-9(2)14-11/h8,10H,3-7H2,1-2H3,(H,13,14). The van der Waals surface area contributed by atoms with Crippen LogP contribution in [0.1, 0.15) is 25.6 Å². The van der Waals surface area contributed by atoms with Crippen LogP contribution in [0.4, 0.5) is 0 Å². The van der Waals surface area contributed by atoms with Gasteiger partial charge in [-0.05, 0) is 26.7 Å². The number of aromatic amines is 1. The normalized spacial score (nSPS) is 18.1. The summed E-state index contributed by atoms with van der Waals surface area (Å²) < 4.78 is 31.0. The van der Waals surface area contributed by atoms with Gasteiger partial charge in [-0.15, -0.1) is 0 Å². The Morgan fingerprint density at radius 1 is 1.50 bits per heavy atom. The van der Waals surface area contributed by atoms with Crippen molar-refractivity contribution in [3.8, 4) is 0 Å². The highest BCUT2D eigenvalue weighted by Crippen LogP contribution is 2.23. The van der Waals surface area contributed by atoms with Gasteiger partial charge in [0, 0.05) is 13.1 Å². The van der Waals surface area contributed by atoms with Gasteiger partial charge in [-0.2, -0.15) is 4.31 Å². The number of esters is 1. The van der Waals surface area contributed by atoms with Gasteiger partial charge in [-0.3, -0.25) is 4.79 Å². The fourth-order valence-electron chi connectivity index (χ4n) is 2.26. The van der Waals surface area contributed by atoms with Gasteiger partial charge < -0.3 is 9.72 Å². The predicted molar refractivity (Wildman–Crippen MR) is 71.4 cm³/mol. The predicted octanol–water partition coefficient (Wildman–Crippen LogP) is 0.682. The number of nitrogens with zero attached hydrogens (tertiary/aromatic N) is 2. The number of hydrogen-bond acceptors (Lipinski definition) is 5. The van der Waals surface area contributed by atoms with Crippen LogP contribution in [0, 0.1) is 12.8 Å². The van der Waals surface area contributed by atoms with Crippen LogP contribution in [0.25, 0.3) is 0 Å². The average Bonchev–Trinajstić information content (AvgIpc) is 2.86. The maximum Gasteiger partial charge on any atom is 0.309 e. The second kappa shape index (κ2) is 5.92. The summed E-state index contributed by atoms with van der Waals surface area (Å²) in [5.74, 6) is 0.122. The average molecular weight is 301 g/mol. The van der Waals surface area contributed by atoms with E-state index in [-0.39, 0.29) is 16.9 Å². The number of imidazole rings is 1. The van der Waals surface area contributed by atoms with Crippen molar-refractivity contribution in [2.24, 2.45) is 5.92 Å². The minimum Gasteiger partial charge on any atom is -0.466 e. The molecule has 0 amide bonds. The van der Waals surface area contributed by atoms with Crippen molar-refractivity contribution in [2.45, 2.75) is 31.7 Å². The molecular weight excluding hydrogens is 282 g/mol. The fourth-order valence-corrected chi connectivity index (χ4v) is 3.69. The van der Waals surface area contributed by atoms with E-state index in [1.54, 1.807) is 13.8 Å². The SMILES string of the molecule is CCOC(=O)C1CCN(S(=O)(=O)c2cnc(C)[nH]2)CC1. The number of aromatic nitrogens is 2. The summed E-state index contributed by atoms with van der Waals surface area (Å²) in [7, 11) is -3.54. The van der Waals surface area contributed by atoms with Gasteiger partial charge in [0.2, 0.25) is 0 Å². The van der Waals surface area contributed by atoms with Crippen molar-refractivity contribution in [3.63, 3.8) is 0 Å². The fraction of sp³-hybridized carbons (Fsp3) is 0.667. The summed E-state index contributed by atoms with van der Waals surface area (Å²) in [5.41, 5.74) is 0. The van der Waals surface area contributed by atoms with E-state index in [0.29, 0.717) is 38.4 Å². The van der Waals surface area contributed by atoms with Gasteiger partial charge >= 0.3 is 5.97 Å². The van der Waals surface area contributed by atoms with Crippen LogP contribution >= 0.6 is 0 Å². The van der Waals surface area contributed by atoms with E-state index in [0.717, 1.165) is 0 Å². The van der Waals surface area contributed by atoms with Crippen LogP contribution < -0.4 is 0 Å². The molecule has 7 nitrogen and oxygen atoms in total. The molecule has 112 valence electrons. The van der Waals surface area contributed by atoms with E-state index in [9.17, 15) is 13.2 Å². The van der Waals surface area contributed by atoms with Gasteiger partial charge in [-0.25, -0.2) is 13.4 Å². The molecule has 1 aliphatic heterocycles. The summed E-state index contributed by atoms with van der Waals surface area (Å²) in [6.07, 6.45) is 2.30. The zero-order chi connectivity index (χ0) is 14.8. The van der Waals surface area contributed by atoms with E-state index >= 15 is 0 Å². The molecule has 1 aliphatic rings. The largest absolute Gasteiger partial charge is 0.466 e. The molecule has 0 saturated carbocycles. The molecule has 0 aliphatic carbocycles. The zero-order valence-corrected chi connectivity index (χ0v) is 12.4. The summed E-state index contributed by atoms with van der Waals surface area (Å²) in [4.78, 5) is 18.3. The summed E-state index contributed by atoms with van der Waals surface area (Å²) in [6.45, 7) is 4.46. The van der Waals surface area contributed by atoms with Gasteiger partial charge in [-0.1, -0.05) is 0 Å². The molecule has 2 heterocycles. The molecule has 20 heavy (non-hydrogen) atoms. The minimum absolute atomic E-state index is 0.101. The maximum atomic E-state index is 12.3. The molecule has 2 rings (SSSR count). The van der Waals surface area contributed by atoms with Gasteiger partial charge in [0.1, 0.15) is 5.82 Å². The van der Waals surface area contributed by atoms with Gasteiger partial charge in [0.15, 0.2) is 5.03 Å². The first kappa shape index (κ1) is 15.0. The molecule has 1 aromatic rings. The summed E-state index contributed by atoms with van der Waals surface area (Å²) >= 11 is 0. The Labute approximate surface area is 118 Å². The third-order valence-electron chi connectivity index (χ3n) is 3.37. The number of nitrogens with one attached hydrogen (secondary N) is 1. The van der Waals surface area contributed by atoms with Crippen molar-refractivity contribution >= 4 is 16.0 Å². The molecule has 1 aromatic heterocycles. The second-order valence-electron chi connectivity index (χ2n) is 4.76. The lowest BCUT2D eigenvalue weighted by Crippen LogP contribution is -2.40. The molecule has 0 aromatic carbocycles. The first-order valence-electron chi connectivity index (χ1n) is 6.63. The minimum atomic E-state index is -3.54. The molecule has 8 heteroatoms. The molecule has 1 N–H and O–H groups in total. The number of sulfonamides is 1. The molecule has 0 radical (unpaired) electrons. The number of carbonyl (C=O) groups excluding carboxylic acids is 1. The van der Waals surface area contributed by atoms with Crippen LogP contribution in [-0.2, 0) is 19.6 Å². The van der Waals surface area contributed by atoms with E-state index in [1.807, 2.05) is 0 Å². The number of ether oxygens (including phenoxy) is 1. The quantitative estimate of drug-likeness (QED) is 0.826. The monoisotopic (exact) mass is 301 g/mol. The Hall–Kier alpha value is -1.41. The molecule has 1 saturated heterocycles. The Balaban J connectivity index is 2.02. The first-order chi connectivity index (χ1) is 9.45. The van der Waals surface area contributed by atoms with Crippen molar-refractivity contribution in [1.82, 2.24) is 14.3 Å². The number of hydrogen-bond donors (Lipinski definition) is 1. The molecule has 0 unspecified atom stereocenters. The van der Waals surface area contributed by atoms with E-state index < -0.39 is 10.0 Å². The van der Waals surface area contributed by atoms with Crippen LogP contribution in [0.5, 0.6) is 0 Å². The van der Waals surface area contributed by atoms with Crippen LogP contribution in [0.3, 0.4) is 0 Å². The highest BCUT2D eigenvalue weighted by atomic mass is 32.2. The summed E-state index contributed by atoms with van der Waals surface area (Å²) in [6, 6.07) is 0. The lowest BCUT2D eigenvalue weighted by molar-refractivity contribution is -0.149. The second-order valence-corrected chi connectivity index (χ2v) is 6.67. The first-order valence-corrected chi connectivity index (χ1v) is 8.07. The van der Waals surface area contributed by atoms with E-state index in [2.05, 4.69) is 9.97 Å². The molecule has 0 bridgehead atoms. The van der Waals surface area contributed by atoms with Crippen molar-refractivity contribution in [3.05, 3.63) is 12.0 Å². The maximum absolute atomic E-state index is 12.3. The Kier molecular flexibility index (Phi) is 4.44. The van der Waals surface area contributed by atoms with Crippen LogP contribution in [0.15, 0.2) is 11.2 Å².